The monoisotopic (exact) mass is 261 g/mol. The van der Waals surface area contributed by atoms with Crippen molar-refractivity contribution in [1.29, 1.82) is 0 Å². The first-order valence-electron chi connectivity index (χ1n) is 5.87. The van der Waals surface area contributed by atoms with Crippen molar-refractivity contribution < 1.29 is 4.74 Å². The third-order valence-corrected chi connectivity index (χ3v) is 3.03. The van der Waals surface area contributed by atoms with Crippen LogP contribution in [0.3, 0.4) is 0 Å². The van der Waals surface area contributed by atoms with Crippen LogP contribution >= 0.6 is 11.6 Å². The number of rotatable bonds is 4. The first-order chi connectivity index (χ1) is 8.70. The molecule has 0 aliphatic carbocycles. The molecular formula is C15H16ClNO. The van der Waals surface area contributed by atoms with Crippen LogP contribution in [-0.4, -0.2) is 7.05 Å². The van der Waals surface area contributed by atoms with Crippen LogP contribution in [0.2, 0.25) is 5.02 Å². The molecule has 0 aliphatic rings. The summed E-state index contributed by atoms with van der Waals surface area (Å²) in [5.74, 6) is 1.61. The van der Waals surface area contributed by atoms with Crippen LogP contribution in [0.1, 0.15) is 11.1 Å². The highest BCUT2D eigenvalue weighted by atomic mass is 35.5. The fourth-order valence-corrected chi connectivity index (χ4v) is 1.95. The molecule has 0 atom stereocenters. The third-order valence-electron chi connectivity index (χ3n) is 2.68. The molecule has 1 N–H and O–H groups in total. The first-order valence-corrected chi connectivity index (χ1v) is 6.25. The van der Waals surface area contributed by atoms with E-state index in [1.165, 1.54) is 5.56 Å². The van der Waals surface area contributed by atoms with Crippen molar-refractivity contribution in [3.63, 3.8) is 0 Å². The highest BCUT2D eigenvalue weighted by molar-refractivity contribution is 6.31. The number of halogens is 1. The number of benzene rings is 2. The van der Waals surface area contributed by atoms with E-state index in [2.05, 4.69) is 12.2 Å². The molecule has 0 unspecified atom stereocenters. The molecule has 0 amide bonds. The van der Waals surface area contributed by atoms with Gasteiger partial charge in [0.1, 0.15) is 11.5 Å². The normalized spacial score (nSPS) is 10.4. The molecule has 2 nitrogen and oxygen atoms in total. The number of hydrogen-bond donors (Lipinski definition) is 1. The lowest BCUT2D eigenvalue weighted by Crippen LogP contribution is -2.07. The molecule has 18 heavy (non-hydrogen) atoms. The second-order valence-electron chi connectivity index (χ2n) is 4.16. The quantitative estimate of drug-likeness (QED) is 0.892. The van der Waals surface area contributed by atoms with Gasteiger partial charge in [-0.2, -0.15) is 0 Å². The molecular weight excluding hydrogens is 246 g/mol. The number of hydrogen-bond acceptors (Lipinski definition) is 2. The van der Waals surface area contributed by atoms with E-state index >= 15 is 0 Å². The Hall–Kier alpha value is -1.51. The molecule has 0 aromatic heterocycles. The number of ether oxygens (including phenoxy) is 1. The van der Waals surface area contributed by atoms with Crippen molar-refractivity contribution in [2.75, 3.05) is 7.05 Å². The van der Waals surface area contributed by atoms with Crippen LogP contribution in [0.5, 0.6) is 11.5 Å². The average Bonchev–Trinajstić information content (AvgIpc) is 2.36. The maximum atomic E-state index is 6.18. The summed E-state index contributed by atoms with van der Waals surface area (Å²) < 4.78 is 5.87. The van der Waals surface area contributed by atoms with Crippen molar-refractivity contribution in [1.82, 2.24) is 5.32 Å². The summed E-state index contributed by atoms with van der Waals surface area (Å²) >= 11 is 6.18. The van der Waals surface area contributed by atoms with Crippen LogP contribution in [-0.2, 0) is 6.54 Å². The van der Waals surface area contributed by atoms with Crippen molar-refractivity contribution in [3.05, 3.63) is 58.6 Å². The van der Waals surface area contributed by atoms with Gasteiger partial charge in [-0.25, -0.2) is 0 Å². The molecule has 0 saturated carbocycles. The lowest BCUT2D eigenvalue weighted by Gasteiger charge is -2.12. The largest absolute Gasteiger partial charge is 0.457 e. The van der Waals surface area contributed by atoms with E-state index in [1.807, 2.05) is 49.5 Å². The fourth-order valence-electron chi connectivity index (χ4n) is 1.72. The molecule has 0 radical (unpaired) electrons. The molecule has 0 aliphatic heterocycles. The van der Waals surface area contributed by atoms with E-state index in [4.69, 9.17) is 16.3 Å². The molecule has 2 aromatic carbocycles. The summed E-state index contributed by atoms with van der Waals surface area (Å²) in [6, 6.07) is 13.7. The SMILES string of the molecule is CNCc1c(Cl)cccc1Oc1ccc(C)cc1. The van der Waals surface area contributed by atoms with Crippen LogP contribution in [0, 0.1) is 6.92 Å². The molecule has 0 saturated heterocycles. The van der Waals surface area contributed by atoms with Crippen molar-refractivity contribution >= 4 is 11.6 Å². The maximum Gasteiger partial charge on any atom is 0.133 e. The van der Waals surface area contributed by atoms with E-state index in [1.54, 1.807) is 0 Å². The zero-order valence-corrected chi connectivity index (χ0v) is 11.3. The summed E-state index contributed by atoms with van der Waals surface area (Å²) in [6.07, 6.45) is 0. The standard InChI is InChI=1S/C15H16ClNO/c1-11-6-8-12(9-7-11)18-15-5-3-4-14(16)13(15)10-17-2/h3-9,17H,10H2,1-2H3. The number of nitrogens with one attached hydrogen (secondary N) is 1. The lowest BCUT2D eigenvalue weighted by molar-refractivity contribution is 0.474. The minimum atomic E-state index is 0.681. The minimum Gasteiger partial charge on any atom is -0.457 e. The summed E-state index contributed by atoms with van der Waals surface area (Å²) in [4.78, 5) is 0. The molecule has 2 aromatic rings. The van der Waals surface area contributed by atoms with Gasteiger partial charge in [0.05, 0.1) is 0 Å². The fraction of sp³-hybridized carbons (Fsp3) is 0.200. The molecule has 3 heteroatoms. The molecule has 94 valence electrons. The third kappa shape index (κ3) is 3.03. The van der Waals surface area contributed by atoms with Crippen molar-refractivity contribution in [3.8, 4) is 11.5 Å². The Bertz CT molecular complexity index is 523. The smallest absolute Gasteiger partial charge is 0.133 e. The van der Waals surface area contributed by atoms with Gasteiger partial charge in [0.2, 0.25) is 0 Å². The Morgan fingerprint density at radius 3 is 2.50 bits per heavy atom. The van der Waals surface area contributed by atoms with Crippen LogP contribution in [0.15, 0.2) is 42.5 Å². The number of aryl methyl sites for hydroxylation is 1. The van der Waals surface area contributed by atoms with Crippen molar-refractivity contribution in [2.45, 2.75) is 13.5 Å². The summed E-state index contributed by atoms with van der Waals surface area (Å²) in [7, 11) is 1.89. The van der Waals surface area contributed by atoms with Gasteiger partial charge in [-0.1, -0.05) is 35.4 Å². The summed E-state index contributed by atoms with van der Waals surface area (Å²) in [5.41, 5.74) is 2.19. The highest BCUT2D eigenvalue weighted by Crippen LogP contribution is 2.30. The topological polar surface area (TPSA) is 21.3 Å². The van der Waals surface area contributed by atoms with Crippen molar-refractivity contribution in [2.24, 2.45) is 0 Å². The average molecular weight is 262 g/mol. The molecule has 0 bridgehead atoms. The van der Waals surface area contributed by atoms with Gasteiger partial charge in [0, 0.05) is 17.1 Å². The van der Waals surface area contributed by atoms with Gasteiger partial charge in [-0.05, 0) is 38.2 Å². The molecule has 0 spiro atoms. The van der Waals surface area contributed by atoms with Gasteiger partial charge in [0.15, 0.2) is 0 Å². The Labute approximate surface area is 113 Å². The van der Waals surface area contributed by atoms with E-state index < -0.39 is 0 Å². The predicted molar refractivity (Wildman–Crippen MR) is 75.5 cm³/mol. The first kappa shape index (κ1) is 12.9. The Balaban J connectivity index is 2.28. The molecule has 0 heterocycles. The second-order valence-corrected chi connectivity index (χ2v) is 4.57. The van der Waals surface area contributed by atoms with E-state index in [9.17, 15) is 0 Å². The zero-order chi connectivity index (χ0) is 13.0. The highest BCUT2D eigenvalue weighted by Gasteiger charge is 2.08. The predicted octanol–water partition coefficient (Wildman–Crippen LogP) is 4.16. The van der Waals surface area contributed by atoms with Gasteiger partial charge in [-0.3, -0.25) is 0 Å². The maximum absolute atomic E-state index is 6.18. The summed E-state index contributed by atoms with van der Waals surface area (Å²) in [5, 5.41) is 3.81. The summed E-state index contributed by atoms with van der Waals surface area (Å²) in [6.45, 7) is 2.73. The Morgan fingerprint density at radius 1 is 1.11 bits per heavy atom. The van der Waals surface area contributed by atoms with Gasteiger partial charge < -0.3 is 10.1 Å². The molecule has 2 rings (SSSR count). The van der Waals surface area contributed by atoms with Gasteiger partial charge >= 0.3 is 0 Å². The van der Waals surface area contributed by atoms with Gasteiger partial charge in [0.25, 0.3) is 0 Å². The van der Waals surface area contributed by atoms with E-state index in [0.29, 0.717) is 11.6 Å². The minimum absolute atomic E-state index is 0.681. The van der Waals surface area contributed by atoms with Gasteiger partial charge in [-0.15, -0.1) is 0 Å². The second kappa shape index (κ2) is 5.89. The van der Waals surface area contributed by atoms with Crippen LogP contribution in [0.4, 0.5) is 0 Å². The van der Waals surface area contributed by atoms with Crippen LogP contribution < -0.4 is 10.1 Å². The lowest BCUT2D eigenvalue weighted by atomic mass is 10.2. The Kier molecular flexibility index (Phi) is 4.24. The molecule has 0 fully saturated rings. The zero-order valence-electron chi connectivity index (χ0n) is 10.5. The van der Waals surface area contributed by atoms with E-state index in [0.717, 1.165) is 17.1 Å². The van der Waals surface area contributed by atoms with E-state index in [-0.39, 0.29) is 0 Å². The van der Waals surface area contributed by atoms with Crippen LogP contribution in [0.25, 0.3) is 0 Å². The Morgan fingerprint density at radius 2 is 1.83 bits per heavy atom.